The van der Waals surface area contributed by atoms with Gasteiger partial charge in [0.2, 0.25) is 5.91 Å². The highest BCUT2D eigenvalue weighted by molar-refractivity contribution is 7.07. The molecule has 1 aromatic carbocycles. The Balaban J connectivity index is 2.09. The van der Waals surface area contributed by atoms with E-state index in [0.717, 1.165) is 28.0 Å². The Morgan fingerprint density at radius 1 is 1.26 bits per heavy atom. The second kappa shape index (κ2) is 5.45. The number of carbonyl (C=O) groups excluding carboxylic acids is 1. The Morgan fingerprint density at radius 3 is 2.52 bits per heavy atom. The third-order valence-corrected chi connectivity index (χ3v) is 4.38. The number of hydrogen-bond donors (Lipinski definition) is 0. The minimum Gasteiger partial charge on any atom is -0.274 e. The summed E-state index contributed by atoms with van der Waals surface area (Å²) in [6.07, 6.45) is -2.77. The van der Waals surface area contributed by atoms with E-state index in [2.05, 4.69) is 4.99 Å². The zero-order valence-electron chi connectivity index (χ0n) is 11.9. The molecule has 0 amide bonds. The van der Waals surface area contributed by atoms with Crippen LogP contribution in [0.2, 0.25) is 0 Å². The van der Waals surface area contributed by atoms with Crippen molar-refractivity contribution in [2.24, 2.45) is 4.99 Å². The molecule has 0 bridgehead atoms. The molecule has 0 spiro atoms. The van der Waals surface area contributed by atoms with Crippen LogP contribution in [0.4, 0.5) is 13.2 Å². The van der Waals surface area contributed by atoms with Crippen LogP contribution in [0.3, 0.4) is 0 Å². The summed E-state index contributed by atoms with van der Waals surface area (Å²) in [5.74, 6) is -0.309. The van der Waals surface area contributed by atoms with E-state index in [1.54, 1.807) is 6.92 Å². The Bertz CT molecular complexity index is 939. The predicted molar refractivity (Wildman–Crippen MR) is 79.1 cm³/mol. The first kappa shape index (κ1) is 15.7. The number of thiazole rings is 1. The molecule has 23 heavy (non-hydrogen) atoms. The summed E-state index contributed by atoms with van der Waals surface area (Å²) in [5, 5.41) is 0. The number of fused-ring (bicyclic) bond motifs is 1. The molecule has 0 aliphatic carbocycles. The van der Waals surface area contributed by atoms with Gasteiger partial charge >= 0.3 is 6.18 Å². The molecule has 2 heterocycles. The molecule has 0 saturated carbocycles. The summed E-state index contributed by atoms with van der Waals surface area (Å²) in [6.45, 7) is 1.78. The van der Waals surface area contributed by atoms with Gasteiger partial charge in [0.15, 0.2) is 4.80 Å². The van der Waals surface area contributed by atoms with Crippen LogP contribution in [0, 0.1) is 0 Å². The van der Waals surface area contributed by atoms with Gasteiger partial charge in [-0.1, -0.05) is 23.5 Å². The van der Waals surface area contributed by atoms with Crippen LogP contribution in [-0.4, -0.2) is 16.5 Å². The zero-order valence-corrected chi connectivity index (χ0v) is 12.7. The number of benzene rings is 1. The van der Waals surface area contributed by atoms with E-state index in [1.165, 1.54) is 18.2 Å². The van der Waals surface area contributed by atoms with Gasteiger partial charge < -0.3 is 0 Å². The van der Waals surface area contributed by atoms with Gasteiger partial charge in [0, 0.05) is 6.42 Å². The number of hydrogen-bond acceptors (Lipinski definition) is 4. The van der Waals surface area contributed by atoms with Gasteiger partial charge in [-0.15, -0.1) is 0 Å². The van der Waals surface area contributed by atoms with Gasteiger partial charge in [-0.05, 0) is 30.7 Å². The van der Waals surface area contributed by atoms with Crippen LogP contribution in [0.5, 0.6) is 0 Å². The fourth-order valence-electron chi connectivity index (χ4n) is 2.28. The average molecular weight is 340 g/mol. The standard InChI is InChI=1S/C15H11F3N2O2S/c1-8-6-12(21)20-13(22)11(23-14(20)19-8)7-9-2-4-10(5-3-9)15(16,17)18/h2-5,7-8H,6H2,1H3/b11-7+. The highest BCUT2D eigenvalue weighted by atomic mass is 32.1. The second-order valence-corrected chi connectivity index (χ2v) is 6.24. The minimum atomic E-state index is -4.40. The summed E-state index contributed by atoms with van der Waals surface area (Å²) in [7, 11) is 0. The number of nitrogens with zero attached hydrogens (tertiary/aromatic N) is 2. The number of rotatable bonds is 1. The maximum atomic E-state index is 12.5. The molecule has 2 aromatic rings. The van der Waals surface area contributed by atoms with Crippen molar-refractivity contribution >= 4 is 23.3 Å². The number of halogens is 3. The van der Waals surface area contributed by atoms with E-state index in [9.17, 15) is 22.8 Å². The molecule has 4 nitrogen and oxygen atoms in total. The summed E-state index contributed by atoms with van der Waals surface area (Å²) in [5.41, 5.74) is -0.781. The van der Waals surface area contributed by atoms with E-state index in [0.29, 0.717) is 10.4 Å². The second-order valence-electron chi connectivity index (χ2n) is 5.23. The van der Waals surface area contributed by atoms with Crippen molar-refractivity contribution in [3.8, 4) is 0 Å². The summed E-state index contributed by atoms with van der Waals surface area (Å²) in [4.78, 5) is 28.7. The summed E-state index contributed by atoms with van der Waals surface area (Å²) < 4.78 is 38.9. The van der Waals surface area contributed by atoms with Crippen molar-refractivity contribution in [2.75, 3.05) is 0 Å². The van der Waals surface area contributed by atoms with Crippen LogP contribution >= 0.6 is 11.3 Å². The summed E-state index contributed by atoms with van der Waals surface area (Å²) >= 11 is 1.06. The monoisotopic (exact) mass is 340 g/mol. The Labute approximate surface area is 132 Å². The molecule has 0 N–H and O–H groups in total. The van der Waals surface area contributed by atoms with Crippen LogP contribution < -0.4 is 14.9 Å². The SMILES string of the molecule is CC1CC(=O)n2c(s/c(=C/c3ccc(C(F)(F)F)cc3)c2=O)=N1. The van der Waals surface area contributed by atoms with Crippen LogP contribution in [0.1, 0.15) is 29.3 Å². The maximum absolute atomic E-state index is 12.5. The minimum absolute atomic E-state index is 0.170. The molecule has 1 unspecified atom stereocenters. The van der Waals surface area contributed by atoms with E-state index in [4.69, 9.17) is 0 Å². The lowest BCUT2D eigenvalue weighted by atomic mass is 10.1. The van der Waals surface area contributed by atoms with Crippen molar-refractivity contribution in [3.05, 3.63) is 55.1 Å². The van der Waals surface area contributed by atoms with Gasteiger partial charge in [0.05, 0.1) is 16.1 Å². The Morgan fingerprint density at radius 2 is 1.91 bits per heavy atom. The van der Waals surface area contributed by atoms with Gasteiger partial charge in [-0.2, -0.15) is 13.2 Å². The quantitative estimate of drug-likeness (QED) is 0.795. The molecule has 0 radical (unpaired) electrons. The Kier molecular flexibility index (Phi) is 3.71. The molecule has 120 valence electrons. The normalized spacial score (nSPS) is 18.7. The van der Waals surface area contributed by atoms with Crippen LogP contribution in [0.25, 0.3) is 6.08 Å². The molecule has 1 aromatic heterocycles. The molecule has 1 aliphatic heterocycles. The van der Waals surface area contributed by atoms with Crippen molar-refractivity contribution in [1.82, 2.24) is 4.57 Å². The maximum Gasteiger partial charge on any atom is 0.416 e. The highest BCUT2D eigenvalue weighted by Crippen LogP contribution is 2.29. The van der Waals surface area contributed by atoms with E-state index in [1.807, 2.05) is 0 Å². The largest absolute Gasteiger partial charge is 0.416 e. The zero-order chi connectivity index (χ0) is 16.8. The first-order valence-electron chi connectivity index (χ1n) is 6.77. The Hall–Kier alpha value is -2.22. The lowest BCUT2D eigenvalue weighted by molar-refractivity contribution is -0.137. The van der Waals surface area contributed by atoms with Crippen molar-refractivity contribution in [2.45, 2.75) is 25.6 Å². The summed E-state index contributed by atoms with van der Waals surface area (Å²) in [6, 6.07) is 4.29. The van der Waals surface area contributed by atoms with Crippen molar-refractivity contribution in [3.63, 3.8) is 0 Å². The van der Waals surface area contributed by atoms with Gasteiger partial charge in [0.25, 0.3) is 5.56 Å². The molecular weight excluding hydrogens is 329 g/mol. The third-order valence-electron chi connectivity index (χ3n) is 3.39. The molecule has 1 atom stereocenters. The molecule has 3 rings (SSSR count). The fraction of sp³-hybridized carbons (Fsp3) is 0.267. The number of alkyl halides is 3. The molecular formula is C15H11F3N2O2S. The lowest BCUT2D eigenvalue weighted by Crippen LogP contribution is -2.40. The highest BCUT2D eigenvalue weighted by Gasteiger charge is 2.29. The van der Waals surface area contributed by atoms with Gasteiger partial charge in [0.1, 0.15) is 0 Å². The molecule has 0 saturated heterocycles. The number of carbonyl (C=O) groups is 1. The predicted octanol–water partition coefficient (Wildman–Crippen LogP) is 1.81. The smallest absolute Gasteiger partial charge is 0.274 e. The van der Waals surface area contributed by atoms with Crippen molar-refractivity contribution in [1.29, 1.82) is 0 Å². The molecule has 1 aliphatic rings. The van der Waals surface area contributed by atoms with E-state index < -0.39 is 17.3 Å². The lowest BCUT2D eigenvalue weighted by Gasteiger charge is -2.09. The first-order valence-corrected chi connectivity index (χ1v) is 7.59. The molecule has 0 fully saturated rings. The van der Waals surface area contributed by atoms with Gasteiger partial charge in [-0.25, -0.2) is 4.57 Å². The number of aromatic nitrogens is 1. The molecule has 8 heteroatoms. The first-order chi connectivity index (χ1) is 10.8. The van der Waals surface area contributed by atoms with E-state index >= 15 is 0 Å². The topological polar surface area (TPSA) is 51.4 Å². The average Bonchev–Trinajstić information content (AvgIpc) is 2.74. The van der Waals surface area contributed by atoms with Crippen LogP contribution in [0.15, 0.2) is 34.1 Å². The van der Waals surface area contributed by atoms with Crippen molar-refractivity contribution < 1.29 is 18.0 Å². The fourth-order valence-corrected chi connectivity index (χ4v) is 3.36. The third kappa shape index (κ3) is 2.98. The van der Waals surface area contributed by atoms with E-state index in [-0.39, 0.29) is 22.9 Å². The van der Waals surface area contributed by atoms with Gasteiger partial charge in [-0.3, -0.25) is 14.6 Å². The van der Waals surface area contributed by atoms with Crippen LogP contribution in [-0.2, 0) is 6.18 Å².